The quantitative estimate of drug-likeness (QED) is 0.462. The van der Waals surface area contributed by atoms with Crippen molar-refractivity contribution in [2.45, 2.75) is 20.8 Å². The predicted molar refractivity (Wildman–Crippen MR) is 76.2 cm³/mol. The number of carbonyl (C=O) groups is 2. The third kappa shape index (κ3) is 55.3. The molecular weight excluding hydrogens is 284 g/mol. The number of aliphatic hydroxyl groups excluding tert-OH is 1. The molecule has 8 heteroatoms. The number of carbonyl (C=O) groups excluding carboxylic acids is 1. The lowest BCUT2D eigenvalue weighted by atomic mass is 10.7. The third-order valence-corrected chi connectivity index (χ3v) is 1.40. The molecule has 21 heavy (non-hydrogen) atoms. The van der Waals surface area contributed by atoms with E-state index >= 15 is 0 Å². The van der Waals surface area contributed by atoms with Crippen LogP contribution in [-0.4, -0.2) is 75.5 Å². The van der Waals surface area contributed by atoms with Crippen molar-refractivity contribution in [3.8, 4) is 0 Å². The molecule has 0 heterocycles. The Kier molecular flexibility index (Phi) is 28.1. The predicted octanol–water partition coefficient (Wildman–Crippen LogP) is 0.319. The summed E-state index contributed by atoms with van der Waals surface area (Å²) in [5, 5.41) is 15.6. The van der Waals surface area contributed by atoms with E-state index in [1.54, 1.807) is 7.11 Å². The van der Waals surface area contributed by atoms with Gasteiger partial charge in [0.15, 0.2) is 0 Å². The van der Waals surface area contributed by atoms with Gasteiger partial charge in [0.05, 0.1) is 33.0 Å². The standard InChI is InChI=1S/C6H12O3.C5H12O3.C2H4O2/c1-3-8-4-5-9-6(2)7;1-7-4-5-8-3-2-6;1-2(3)4/h3-5H2,1-2H3;6H,2-5H2,1H3;1H3,(H,3,4). The SMILES string of the molecule is CC(=O)O.CCOCCOC(C)=O.COCCOCCO. The zero-order chi connectivity index (χ0) is 16.9. The minimum atomic E-state index is -0.833. The highest BCUT2D eigenvalue weighted by Gasteiger charge is 1.89. The van der Waals surface area contributed by atoms with Gasteiger partial charge >= 0.3 is 5.97 Å². The molecule has 0 rings (SSSR count). The average Bonchev–Trinajstić information content (AvgIpc) is 2.40. The van der Waals surface area contributed by atoms with Crippen molar-refractivity contribution in [1.29, 1.82) is 0 Å². The number of hydrogen-bond donors (Lipinski definition) is 2. The largest absolute Gasteiger partial charge is 0.481 e. The molecule has 0 spiro atoms. The van der Waals surface area contributed by atoms with Gasteiger partial charge in [-0.15, -0.1) is 0 Å². The molecule has 128 valence electrons. The Balaban J connectivity index is -0.000000249. The second-order valence-corrected chi connectivity index (χ2v) is 3.38. The van der Waals surface area contributed by atoms with Crippen molar-refractivity contribution in [2.24, 2.45) is 0 Å². The normalized spacial score (nSPS) is 8.81. The number of hydrogen-bond acceptors (Lipinski definition) is 7. The summed E-state index contributed by atoms with van der Waals surface area (Å²) in [4.78, 5) is 19.1. The van der Waals surface area contributed by atoms with Gasteiger partial charge < -0.3 is 29.2 Å². The number of rotatable bonds is 9. The molecular formula is C13H28O8. The summed E-state index contributed by atoms with van der Waals surface area (Å²) in [6, 6.07) is 0. The minimum Gasteiger partial charge on any atom is -0.481 e. The molecule has 0 aliphatic rings. The van der Waals surface area contributed by atoms with E-state index in [1.165, 1.54) is 6.92 Å². The average molecular weight is 312 g/mol. The van der Waals surface area contributed by atoms with Crippen LogP contribution in [0.5, 0.6) is 0 Å². The molecule has 0 aromatic rings. The molecule has 0 aliphatic heterocycles. The number of methoxy groups -OCH3 is 1. The topological polar surface area (TPSA) is 112 Å². The summed E-state index contributed by atoms with van der Waals surface area (Å²) in [6.07, 6.45) is 0. The number of carboxylic acids is 1. The van der Waals surface area contributed by atoms with Crippen molar-refractivity contribution in [1.82, 2.24) is 0 Å². The van der Waals surface area contributed by atoms with E-state index in [4.69, 9.17) is 24.5 Å². The van der Waals surface area contributed by atoms with Crippen LogP contribution in [0.3, 0.4) is 0 Å². The van der Waals surface area contributed by atoms with Crippen LogP contribution >= 0.6 is 0 Å². The van der Waals surface area contributed by atoms with Gasteiger partial charge in [-0.3, -0.25) is 9.59 Å². The van der Waals surface area contributed by atoms with Crippen LogP contribution in [0.2, 0.25) is 0 Å². The molecule has 2 N–H and O–H groups in total. The molecule has 0 aromatic heterocycles. The molecule has 0 saturated carbocycles. The highest BCUT2D eigenvalue weighted by atomic mass is 16.6. The van der Waals surface area contributed by atoms with E-state index in [-0.39, 0.29) is 12.6 Å². The van der Waals surface area contributed by atoms with Gasteiger partial charge in [-0.1, -0.05) is 0 Å². The van der Waals surface area contributed by atoms with Crippen molar-refractivity contribution in [3.05, 3.63) is 0 Å². The van der Waals surface area contributed by atoms with E-state index in [2.05, 4.69) is 9.47 Å². The van der Waals surface area contributed by atoms with Gasteiger partial charge in [0, 0.05) is 27.6 Å². The number of aliphatic carboxylic acids is 1. The van der Waals surface area contributed by atoms with Crippen LogP contribution in [0.1, 0.15) is 20.8 Å². The van der Waals surface area contributed by atoms with Crippen molar-refractivity contribution < 1.29 is 38.7 Å². The first-order chi connectivity index (χ1) is 9.92. The smallest absolute Gasteiger partial charge is 0.302 e. The van der Waals surface area contributed by atoms with E-state index < -0.39 is 5.97 Å². The zero-order valence-corrected chi connectivity index (χ0v) is 13.3. The summed E-state index contributed by atoms with van der Waals surface area (Å²) in [5.74, 6) is -1.09. The fourth-order valence-electron chi connectivity index (χ4n) is 0.698. The number of aliphatic hydroxyl groups is 1. The lowest BCUT2D eigenvalue weighted by Gasteiger charge is -1.99. The molecule has 0 bridgehead atoms. The van der Waals surface area contributed by atoms with E-state index in [0.717, 1.165) is 6.92 Å². The number of carboxylic acid groups (broad SMARTS) is 1. The van der Waals surface area contributed by atoms with E-state index in [0.29, 0.717) is 39.6 Å². The second kappa shape index (κ2) is 23.8. The maximum Gasteiger partial charge on any atom is 0.302 e. The maximum absolute atomic E-state index is 10.1. The fourth-order valence-corrected chi connectivity index (χ4v) is 0.698. The molecule has 0 radical (unpaired) electrons. The summed E-state index contributed by atoms with van der Waals surface area (Å²) < 4.78 is 19.0. The molecule has 0 fully saturated rings. The lowest BCUT2D eigenvalue weighted by Crippen LogP contribution is -2.06. The van der Waals surface area contributed by atoms with Gasteiger partial charge in [0.25, 0.3) is 5.97 Å². The summed E-state index contributed by atoms with van der Waals surface area (Å²) in [7, 11) is 1.61. The Morgan fingerprint density at radius 2 is 1.48 bits per heavy atom. The zero-order valence-electron chi connectivity index (χ0n) is 13.3. The van der Waals surface area contributed by atoms with Crippen molar-refractivity contribution >= 4 is 11.9 Å². The summed E-state index contributed by atoms with van der Waals surface area (Å²) in [5.41, 5.74) is 0. The monoisotopic (exact) mass is 312 g/mol. The second-order valence-electron chi connectivity index (χ2n) is 3.38. The van der Waals surface area contributed by atoms with Crippen LogP contribution in [0.25, 0.3) is 0 Å². The molecule has 0 aliphatic carbocycles. The lowest BCUT2D eigenvalue weighted by molar-refractivity contribution is -0.142. The molecule has 0 amide bonds. The van der Waals surface area contributed by atoms with Gasteiger partial charge in [-0.05, 0) is 6.92 Å². The minimum absolute atomic E-state index is 0.0870. The van der Waals surface area contributed by atoms with E-state index in [1.807, 2.05) is 6.92 Å². The van der Waals surface area contributed by atoms with Crippen molar-refractivity contribution in [3.63, 3.8) is 0 Å². The highest BCUT2D eigenvalue weighted by molar-refractivity contribution is 5.65. The fraction of sp³-hybridized carbons (Fsp3) is 0.846. The van der Waals surface area contributed by atoms with Crippen LogP contribution < -0.4 is 0 Å². The Bertz CT molecular complexity index is 210. The van der Waals surface area contributed by atoms with Crippen LogP contribution in [-0.2, 0) is 28.5 Å². The number of esters is 1. The van der Waals surface area contributed by atoms with Gasteiger partial charge in [-0.2, -0.15) is 0 Å². The molecule has 0 atom stereocenters. The first-order valence-electron chi connectivity index (χ1n) is 6.50. The van der Waals surface area contributed by atoms with Gasteiger partial charge in [0.2, 0.25) is 0 Å². The first kappa shape index (κ1) is 24.8. The van der Waals surface area contributed by atoms with Crippen LogP contribution in [0.4, 0.5) is 0 Å². The van der Waals surface area contributed by atoms with Gasteiger partial charge in [-0.25, -0.2) is 0 Å². The molecule has 8 nitrogen and oxygen atoms in total. The van der Waals surface area contributed by atoms with E-state index in [9.17, 15) is 4.79 Å². The summed E-state index contributed by atoms with van der Waals surface area (Å²) in [6.45, 7) is 7.55. The van der Waals surface area contributed by atoms with Crippen LogP contribution in [0, 0.1) is 0 Å². The van der Waals surface area contributed by atoms with Crippen LogP contribution in [0.15, 0.2) is 0 Å². The Morgan fingerprint density at radius 3 is 1.86 bits per heavy atom. The Labute approximate surface area is 125 Å². The Morgan fingerprint density at radius 1 is 0.952 bits per heavy atom. The maximum atomic E-state index is 10.1. The van der Waals surface area contributed by atoms with Crippen molar-refractivity contribution in [2.75, 3.05) is 53.4 Å². The first-order valence-corrected chi connectivity index (χ1v) is 6.50. The number of ether oxygens (including phenoxy) is 4. The highest BCUT2D eigenvalue weighted by Crippen LogP contribution is 1.77. The van der Waals surface area contributed by atoms with Gasteiger partial charge in [0.1, 0.15) is 6.61 Å². The third-order valence-electron chi connectivity index (χ3n) is 1.40. The molecule has 0 unspecified atom stereocenters. The summed E-state index contributed by atoms with van der Waals surface area (Å²) >= 11 is 0. The molecule has 0 saturated heterocycles. The molecule has 0 aromatic carbocycles. The Hall–Kier alpha value is -1.22.